The fraction of sp³-hybridized carbons (Fsp3) is 0.167. The number of benzene rings is 2. The smallest absolute Gasteiger partial charge is 0.246 e. The zero-order valence-electron chi connectivity index (χ0n) is 18.9. The van der Waals surface area contributed by atoms with E-state index in [1.165, 1.54) is 42.7 Å². The molecular weight excluding hydrogens is 442 g/mol. The maximum absolute atomic E-state index is 15.3. The molecule has 1 aliphatic heterocycles. The average molecular weight is 463 g/mol. The number of anilines is 1. The fourth-order valence-corrected chi connectivity index (χ4v) is 4.10. The van der Waals surface area contributed by atoms with Crippen LogP contribution >= 0.6 is 0 Å². The van der Waals surface area contributed by atoms with E-state index >= 15 is 4.39 Å². The van der Waals surface area contributed by atoms with Crippen LogP contribution in [0.1, 0.15) is 13.8 Å². The van der Waals surface area contributed by atoms with Gasteiger partial charge in [-0.05, 0) is 36.8 Å². The number of amides is 1. The van der Waals surface area contributed by atoms with E-state index in [1.54, 1.807) is 21.7 Å². The molecule has 0 unspecified atom stereocenters. The first-order valence-corrected chi connectivity index (χ1v) is 10.5. The molecule has 2 N–H and O–H groups in total. The highest BCUT2D eigenvalue weighted by molar-refractivity contribution is 5.98. The van der Waals surface area contributed by atoms with Gasteiger partial charge < -0.3 is 15.4 Å². The van der Waals surface area contributed by atoms with Crippen molar-refractivity contribution in [1.82, 2.24) is 24.6 Å². The van der Waals surface area contributed by atoms with Gasteiger partial charge in [0.15, 0.2) is 5.65 Å². The number of fused-ring (bicyclic) bond motifs is 1. The summed E-state index contributed by atoms with van der Waals surface area (Å²) in [6.45, 7) is 1.81. The lowest BCUT2D eigenvalue weighted by atomic mass is 10.1. The van der Waals surface area contributed by atoms with Crippen molar-refractivity contribution in [3.8, 4) is 22.8 Å². The molecule has 172 valence electrons. The minimum Gasteiger partial charge on any atom is -0.457 e. The van der Waals surface area contributed by atoms with Gasteiger partial charge in [-0.3, -0.25) is 4.79 Å². The normalized spacial score (nSPS) is 16.4. The molecule has 34 heavy (non-hydrogen) atoms. The predicted molar refractivity (Wildman–Crippen MR) is 122 cm³/mol. The topological polar surface area (TPSA) is 99.2 Å². The zero-order valence-corrected chi connectivity index (χ0v) is 17.9. The summed E-state index contributed by atoms with van der Waals surface area (Å²) in [6, 6.07) is 9.60. The quantitative estimate of drug-likeness (QED) is 0.448. The van der Waals surface area contributed by atoms with Gasteiger partial charge in [0, 0.05) is 30.8 Å². The second-order valence-electron chi connectivity index (χ2n) is 7.85. The molecule has 0 saturated carbocycles. The molecule has 8 nitrogen and oxygen atoms in total. The van der Waals surface area contributed by atoms with Crippen molar-refractivity contribution in [3.05, 3.63) is 73.1 Å². The van der Waals surface area contributed by atoms with Crippen LogP contribution in [0.25, 0.3) is 22.3 Å². The summed E-state index contributed by atoms with van der Waals surface area (Å²) in [5, 5.41) is 5.04. The molecule has 1 aliphatic rings. The largest absolute Gasteiger partial charge is 0.457 e. The van der Waals surface area contributed by atoms with Crippen molar-refractivity contribution in [3.63, 3.8) is 0 Å². The molecule has 0 spiro atoms. The van der Waals surface area contributed by atoms with E-state index in [0.717, 1.165) is 6.55 Å². The molecule has 10 heteroatoms. The number of nitrogens with zero attached hydrogens (tertiary/aromatic N) is 5. The number of ether oxygens (including phenoxy) is 1. The van der Waals surface area contributed by atoms with Gasteiger partial charge >= 0.3 is 0 Å². The first-order valence-electron chi connectivity index (χ1n) is 11.1. The standard InChI is InChI=1S/C24H20F2N6O2/c1-2-20(33)31-9-8-15(12-31)32-24-21(23(27)28-13-29-24)22(30-32)18-7-6-17(11-19(18)26)34-16-5-3-4-14(25)10-16/h2-7,10-11,13,15H,1,8-9,12H2,(H2,27,28,29)/t15-/m1/s1/i1D/b2-1-. The summed E-state index contributed by atoms with van der Waals surface area (Å²) in [5.74, 6) is -0.748. The van der Waals surface area contributed by atoms with E-state index in [-0.39, 0.29) is 40.5 Å². The van der Waals surface area contributed by atoms with Crippen molar-refractivity contribution in [2.45, 2.75) is 12.5 Å². The minimum absolute atomic E-state index is 0.152. The van der Waals surface area contributed by atoms with Crippen molar-refractivity contribution < 1.29 is 19.7 Å². The van der Waals surface area contributed by atoms with Gasteiger partial charge in [0.1, 0.15) is 41.0 Å². The van der Waals surface area contributed by atoms with Crippen molar-refractivity contribution in [2.24, 2.45) is 0 Å². The first-order chi connectivity index (χ1) is 16.9. The molecule has 0 aliphatic carbocycles. The van der Waals surface area contributed by atoms with Crippen molar-refractivity contribution in [2.75, 3.05) is 18.8 Å². The maximum atomic E-state index is 15.3. The SMILES string of the molecule is [2H]/C=C\C(=O)N1CC[C@@H](n2nc(-c3ccc(Oc4cccc(F)c4)cc3F)c3c(N)ncnc32)C1. The van der Waals surface area contributed by atoms with Crippen molar-refractivity contribution in [1.29, 1.82) is 0 Å². The molecule has 2 aromatic heterocycles. The number of nitrogen functional groups attached to an aromatic ring is 1. The summed E-state index contributed by atoms with van der Waals surface area (Å²) in [4.78, 5) is 22.1. The summed E-state index contributed by atoms with van der Waals surface area (Å²) in [5.41, 5.74) is 7.01. The Hall–Kier alpha value is -4.34. The number of aromatic nitrogens is 4. The van der Waals surface area contributed by atoms with Gasteiger partial charge in [-0.2, -0.15) is 5.10 Å². The van der Waals surface area contributed by atoms with Gasteiger partial charge in [-0.25, -0.2) is 23.4 Å². The first kappa shape index (κ1) is 20.3. The Morgan fingerprint density at radius 1 is 1.24 bits per heavy atom. The maximum Gasteiger partial charge on any atom is 0.246 e. The monoisotopic (exact) mass is 463 g/mol. The second kappa shape index (κ2) is 8.54. The highest BCUT2D eigenvalue weighted by Gasteiger charge is 2.30. The fourth-order valence-electron chi connectivity index (χ4n) is 4.10. The highest BCUT2D eigenvalue weighted by atomic mass is 19.1. The Balaban J connectivity index is 1.51. The Kier molecular flexibility index (Phi) is 5.10. The molecule has 1 saturated heterocycles. The molecule has 2 aromatic carbocycles. The van der Waals surface area contributed by atoms with Crippen LogP contribution in [0.3, 0.4) is 0 Å². The van der Waals surface area contributed by atoms with Gasteiger partial charge in [0.25, 0.3) is 0 Å². The average Bonchev–Trinajstić information content (AvgIpc) is 3.45. The Bertz CT molecular complexity index is 1460. The third kappa shape index (κ3) is 3.83. The number of carbonyl (C=O) groups excluding carboxylic acids is 1. The van der Waals surface area contributed by atoms with Crippen LogP contribution in [-0.2, 0) is 4.79 Å². The molecule has 5 rings (SSSR count). The highest BCUT2D eigenvalue weighted by Crippen LogP contribution is 2.36. The number of halogens is 2. The molecular formula is C24H20F2N6O2. The number of likely N-dealkylation sites (tertiary alicyclic amines) is 1. The van der Waals surface area contributed by atoms with E-state index in [1.807, 2.05) is 0 Å². The number of hydrogen-bond donors (Lipinski definition) is 1. The molecule has 1 amide bonds. The van der Waals surface area contributed by atoms with Gasteiger partial charge in [-0.15, -0.1) is 0 Å². The summed E-state index contributed by atoms with van der Waals surface area (Å²) < 4.78 is 43.0. The van der Waals surface area contributed by atoms with Crippen LogP contribution in [0.4, 0.5) is 14.6 Å². The Morgan fingerprint density at radius 3 is 2.88 bits per heavy atom. The molecule has 4 aromatic rings. The third-order valence-corrected chi connectivity index (χ3v) is 5.71. The summed E-state index contributed by atoms with van der Waals surface area (Å²) >= 11 is 0. The predicted octanol–water partition coefficient (Wildman–Crippen LogP) is 4.11. The summed E-state index contributed by atoms with van der Waals surface area (Å²) in [7, 11) is 0. The molecule has 3 heterocycles. The number of hydrogen-bond acceptors (Lipinski definition) is 6. The van der Waals surface area contributed by atoms with E-state index in [9.17, 15) is 9.18 Å². The van der Waals surface area contributed by atoms with Crippen LogP contribution in [0.2, 0.25) is 0 Å². The third-order valence-electron chi connectivity index (χ3n) is 5.71. The van der Waals surface area contributed by atoms with E-state index in [2.05, 4.69) is 15.1 Å². The lowest BCUT2D eigenvalue weighted by Gasteiger charge is -2.14. The lowest BCUT2D eigenvalue weighted by molar-refractivity contribution is -0.125. The van der Waals surface area contributed by atoms with Crippen LogP contribution in [-0.4, -0.2) is 43.6 Å². The summed E-state index contributed by atoms with van der Waals surface area (Å²) in [6.07, 6.45) is 3.12. The van der Waals surface area contributed by atoms with E-state index in [4.69, 9.17) is 11.8 Å². The molecule has 1 fully saturated rings. The van der Waals surface area contributed by atoms with E-state index < -0.39 is 11.6 Å². The number of rotatable bonds is 5. The molecule has 0 radical (unpaired) electrons. The van der Waals surface area contributed by atoms with Crippen molar-refractivity contribution >= 4 is 22.8 Å². The molecule has 1 atom stereocenters. The van der Waals surface area contributed by atoms with Crippen LogP contribution in [0, 0.1) is 11.6 Å². The minimum atomic E-state index is -0.613. The zero-order chi connectivity index (χ0) is 24.5. The Morgan fingerprint density at radius 2 is 2.09 bits per heavy atom. The Labute approximate surface area is 194 Å². The van der Waals surface area contributed by atoms with Crippen LogP contribution < -0.4 is 10.5 Å². The number of nitrogens with two attached hydrogens (primary N) is 1. The van der Waals surface area contributed by atoms with Crippen LogP contribution in [0.15, 0.2) is 61.4 Å². The second-order valence-corrected chi connectivity index (χ2v) is 7.85. The van der Waals surface area contributed by atoms with Crippen LogP contribution in [0.5, 0.6) is 11.5 Å². The van der Waals surface area contributed by atoms with Gasteiger partial charge in [0.05, 0.1) is 12.8 Å². The van der Waals surface area contributed by atoms with Gasteiger partial charge in [-0.1, -0.05) is 12.6 Å². The number of carbonyl (C=O) groups is 1. The lowest BCUT2D eigenvalue weighted by Crippen LogP contribution is -2.27. The van der Waals surface area contributed by atoms with E-state index in [0.29, 0.717) is 30.5 Å². The van der Waals surface area contributed by atoms with Gasteiger partial charge in [0.2, 0.25) is 5.91 Å². The molecule has 0 bridgehead atoms.